The number of rotatable bonds is 5. The molecule has 0 spiro atoms. The third-order valence-electron chi connectivity index (χ3n) is 3.17. The molecule has 8 heteroatoms. The molecule has 3 aromatic rings. The highest BCUT2D eigenvalue weighted by molar-refractivity contribution is 7.18. The largest absolute Gasteiger partial charge is 0.495 e. The number of amides is 1. The van der Waals surface area contributed by atoms with Gasteiger partial charge in [0.1, 0.15) is 21.1 Å². The number of nitrogens with zero attached hydrogens (tertiary/aromatic N) is 2. The zero-order valence-electron chi connectivity index (χ0n) is 12.2. The number of nitrogens with one attached hydrogen (secondary N) is 1. The molecule has 2 heterocycles. The molecule has 0 unspecified atom stereocenters. The number of ether oxygens (including phenoxy) is 1. The Balaban J connectivity index is 1.83. The summed E-state index contributed by atoms with van der Waals surface area (Å²) in [5.41, 5.74) is 7.15. The number of hydrogen-bond acceptors (Lipinski definition) is 6. The van der Waals surface area contributed by atoms with E-state index >= 15 is 0 Å². The Morgan fingerprint density at radius 2 is 2.26 bits per heavy atom. The van der Waals surface area contributed by atoms with Crippen LogP contribution in [0.1, 0.15) is 15.4 Å². The van der Waals surface area contributed by atoms with Crippen LogP contribution >= 0.6 is 22.9 Å². The van der Waals surface area contributed by atoms with Gasteiger partial charge < -0.3 is 15.8 Å². The van der Waals surface area contributed by atoms with Crippen LogP contribution in [0.4, 0.5) is 5.69 Å². The van der Waals surface area contributed by atoms with Crippen LogP contribution < -0.4 is 15.8 Å². The average Bonchev–Trinajstić information content (AvgIpc) is 2.94. The van der Waals surface area contributed by atoms with Crippen LogP contribution in [0.3, 0.4) is 0 Å². The topological polar surface area (TPSA) is 90.1 Å². The first kappa shape index (κ1) is 15.5. The van der Waals surface area contributed by atoms with E-state index in [2.05, 4.69) is 15.3 Å². The number of fused-ring (bicyclic) bond motifs is 1. The van der Waals surface area contributed by atoms with E-state index in [9.17, 15) is 4.79 Å². The maximum absolute atomic E-state index is 11.3. The van der Waals surface area contributed by atoms with E-state index in [-0.39, 0.29) is 0 Å². The number of primary amides is 1. The Morgan fingerprint density at radius 3 is 3.00 bits per heavy atom. The minimum atomic E-state index is -0.491. The molecule has 0 saturated heterocycles. The van der Waals surface area contributed by atoms with Crippen molar-refractivity contribution >= 4 is 44.9 Å². The van der Waals surface area contributed by atoms with Crippen molar-refractivity contribution in [1.82, 2.24) is 9.97 Å². The number of hydrogen-bond donors (Lipinski definition) is 2. The monoisotopic (exact) mass is 348 g/mol. The molecular weight excluding hydrogens is 336 g/mol. The summed E-state index contributed by atoms with van der Waals surface area (Å²) in [5.74, 6) is 0.131. The summed E-state index contributed by atoms with van der Waals surface area (Å²) >= 11 is 7.39. The summed E-state index contributed by atoms with van der Waals surface area (Å²) in [6.45, 7) is 0.469. The lowest BCUT2D eigenvalue weighted by molar-refractivity contribution is 0.100. The Morgan fingerprint density at radius 1 is 1.43 bits per heavy atom. The highest BCUT2D eigenvalue weighted by Crippen LogP contribution is 2.27. The Bertz CT molecular complexity index is 881. The van der Waals surface area contributed by atoms with E-state index in [1.165, 1.54) is 11.3 Å². The number of nitrogens with two attached hydrogens (primary N) is 1. The lowest BCUT2D eigenvalue weighted by atomic mass is 10.1. The van der Waals surface area contributed by atoms with Crippen LogP contribution in [-0.2, 0) is 6.54 Å². The van der Waals surface area contributed by atoms with Crippen LogP contribution in [0, 0.1) is 0 Å². The van der Waals surface area contributed by atoms with Crippen molar-refractivity contribution < 1.29 is 9.53 Å². The first-order chi connectivity index (χ1) is 11.1. The predicted molar refractivity (Wildman–Crippen MR) is 91.3 cm³/mol. The molecule has 2 aromatic heterocycles. The quantitative estimate of drug-likeness (QED) is 0.739. The van der Waals surface area contributed by atoms with E-state index in [0.717, 1.165) is 15.4 Å². The van der Waals surface area contributed by atoms with Gasteiger partial charge in [-0.25, -0.2) is 9.97 Å². The zero-order valence-corrected chi connectivity index (χ0v) is 13.7. The number of carbonyl (C=O) groups is 1. The van der Waals surface area contributed by atoms with Crippen molar-refractivity contribution in [3.63, 3.8) is 0 Å². The predicted octanol–water partition coefficient (Wildman–Crippen LogP) is 3.06. The van der Waals surface area contributed by atoms with E-state index in [4.69, 9.17) is 22.1 Å². The lowest BCUT2D eigenvalue weighted by Gasteiger charge is -2.11. The number of anilines is 1. The van der Waals surface area contributed by atoms with Crippen molar-refractivity contribution in [3.8, 4) is 5.75 Å². The fourth-order valence-electron chi connectivity index (χ4n) is 2.09. The normalized spacial score (nSPS) is 10.7. The molecule has 0 atom stereocenters. The molecule has 0 radical (unpaired) electrons. The first-order valence-electron chi connectivity index (χ1n) is 6.69. The van der Waals surface area contributed by atoms with Crippen LogP contribution in [0.2, 0.25) is 5.02 Å². The second-order valence-corrected chi connectivity index (χ2v) is 6.22. The third-order valence-corrected chi connectivity index (χ3v) is 4.36. The summed E-state index contributed by atoms with van der Waals surface area (Å²) in [6, 6.07) is 6.75. The molecule has 0 aliphatic carbocycles. The van der Waals surface area contributed by atoms with Crippen molar-refractivity contribution in [3.05, 3.63) is 46.1 Å². The molecule has 0 bridgehead atoms. The van der Waals surface area contributed by atoms with Gasteiger partial charge in [-0.1, -0.05) is 22.9 Å². The van der Waals surface area contributed by atoms with Crippen LogP contribution in [0.15, 0.2) is 30.5 Å². The number of benzene rings is 1. The molecule has 0 fully saturated rings. The van der Waals surface area contributed by atoms with Gasteiger partial charge in [0, 0.05) is 11.8 Å². The van der Waals surface area contributed by atoms with E-state index in [0.29, 0.717) is 28.6 Å². The van der Waals surface area contributed by atoms with Gasteiger partial charge in [-0.15, -0.1) is 0 Å². The second kappa shape index (κ2) is 6.39. The minimum absolute atomic E-state index is 0.408. The van der Waals surface area contributed by atoms with Gasteiger partial charge in [-0.05, 0) is 24.3 Å². The molecule has 0 saturated carbocycles. The molecule has 3 N–H and O–H groups in total. The average molecular weight is 349 g/mol. The number of aromatic nitrogens is 2. The molecule has 0 aliphatic heterocycles. The molecule has 1 amide bonds. The number of methoxy groups -OCH3 is 1. The Kier molecular flexibility index (Phi) is 4.31. The van der Waals surface area contributed by atoms with Crippen LogP contribution in [0.5, 0.6) is 5.75 Å². The van der Waals surface area contributed by atoms with Gasteiger partial charge >= 0.3 is 0 Å². The Labute approximate surface area is 141 Å². The third kappa shape index (κ3) is 3.35. The molecule has 23 heavy (non-hydrogen) atoms. The van der Waals surface area contributed by atoms with E-state index < -0.39 is 5.91 Å². The smallest absolute Gasteiger partial charge is 0.248 e. The summed E-state index contributed by atoms with van der Waals surface area (Å²) in [4.78, 5) is 20.8. The molecule has 6 nitrogen and oxygen atoms in total. The van der Waals surface area contributed by atoms with E-state index in [1.807, 2.05) is 0 Å². The van der Waals surface area contributed by atoms with Crippen molar-refractivity contribution in [2.24, 2.45) is 5.73 Å². The SMILES string of the molecule is COc1ccc(C(N)=O)cc1NCc1nc2cc(Cl)cnc2s1. The fourth-order valence-corrected chi connectivity index (χ4v) is 3.07. The molecular formula is C15H13ClN4O2S. The van der Waals surface area contributed by atoms with Gasteiger partial charge in [0.15, 0.2) is 0 Å². The van der Waals surface area contributed by atoms with Gasteiger partial charge in [0.05, 0.1) is 24.4 Å². The van der Waals surface area contributed by atoms with Crippen molar-refractivity contribution in [2.75, 3.05) is 12.4 Å². The van der Waals surface area contributed by atoms with Crippen molar-refractivity contribution in [2.45, 2.75) is 6.54 Å². The lowest BCUT2D eigenvalue weighted by Crippen LogP contribution is -2.11. The Hall–Kier alpha value is -2.38. The number of halogens is 1. The van der Waals surface area contributed by atoms with Gasteiger partial charge in [0.2, 0.25) is 5.91 Å². The molecule has 118 valence electrons. The minimum Gasteiger partial charge on any atom is -0.495 e. The highest BCUT2D eigenvalue weighted by atomic mass is 35.5. The maximum atomic E-state index is 11.3. The summed E-state index contributed by atoms with van der Waals surface area (Å²) in [7, 11) is 1.56. The summed E-state index contributed by atoms with van der Waals surface area (Å²) < 4.78 is 5.28. The second-order valence-electron chi connectivity index (χ2n) is 4.72. The van der Waals surface area contributed by atoms with E-state index in [1.54, 1.807) is 37.6 Å². The number of thiazole rings is 1. The van der Waals surface area contributed by atoms with Crippen LogP contribution in [-0.4, -0.2) is 23.0 Å². The number of carbonyl (C=O) groups excluding carboxylic acids is 1. The zero-order chi connectivity index (χ0) is 16.4. The maximum Gasteiger partial charge on any atom is 0.248 e. The summed E-state index contributed by atoms with van der Waals surface area (Å²) in [6.07, 6.45) is 1.60. The standard InChI is InChI=1S/C15H13ClN4O2S/c1-22-12-3-2-8(14(17)21)4-10(12)18-7-13-20-11-5-9(16)6-19-15(11)23-13/h2-6,18H,7H2,1H3,(H2,17,21). The molecule has 3 rings (SSSR count). The van der Waals surface area contributed by atoms with Crippen molar-refractivity contribution in [1.29, 1.82) is 0 Å². The van der Waals surface area contributed by atoms with Crippen LogP contribution in [0.25, 0.3) is 10.3 Å². The fraction of sp³-hybridized carbons (Fsp3) is 0.133. The summed E-state index contributed by atoms with van der Waals surface area (Å²) in [5, 5.41) is 4.61. The molecule has 1 aromatic carbocycles. The molecule has 0 aliphatic rings. The van der Waals surface area contributed by atoms with Gasteiger partial charge in [-0.3, -0.25) is 4.79 Å². The van der Waals surface area contributed by atoms with Gasteiger partial charge in [-0.2, -0.15) is 0 Å². The highest BCUT2D eigenvalue weighted by Gasteiger charge is 2.10. The first-order valence-corrected chi connectivity index (χ1v) is 7.89. The number of pyridine rings is 1. The van der Waals surface area contributed by atoms with Gasteiger partial charge in [0.25, 0.3) is 0 Å².